The van der Waals surface area contributed by atoms with Gasteiger partial charge in [-0.25, -0.2) is 9.59 Å². The van der Waals surface area contributed by atoms with Crippen LogP contribution in [0.15, 0.2) is 72.8 Å². The Morgan fingerprint density at radius 1 is 0.500 bits per heavy atom. The molecule has 0 spiro atoms. The molecular weight excluding hydrogens is 496 g/mol. The summed E-state index contributed by atoms with van der Waals surface area (Å²) in [7, 11) is 0. The first kappa shape index (κ1) is 26.1. The molecule has 4 heteroatoms. The SMILES string of the molecule is Cc1cc(C)c(C(=O)OC2C3c4ccccc4C(c4ccccc43)C2OC(=O)c2c(C)cc(C)cc2C)c(C)c1. The number of esters is 2. The Labute approximate surface area is 236 Å². The van der Waals surface area contributed by atoms with Gasteiger partial charge < -0.3 is 9.47 Å². The van der Waals surface area contributed by atoms with Gasteiger partial charge in [0.1, 0.15) is 0 Å². The van der Waals surface area contributed by atoms with Gasteiger partial charge in [-0.15, -0.1) is 0 Å². The average molecular weight is 531 g/mol. The van der Waals surface area contributed by atoms with Crippen molar-refractivity contribution in [1.82, 2.24) is 0 Å². The molecule has 2 unspecified atom stereocenters. The Bertz CT molecular complexity index is 1460. The molecule has 0 N–H and O–H groups in total. The molecule has 0 aliphatic heterocycles. The second-order valence-corrected chi connectivity index (χ2v) is 11.5. The standard InChI is InChI=1S/C36H34O4/c1-19-15-21(3)29(22(4)16-19)35(37)39-33-31-25-11-7-9-13-27(25)32(28-14-10-8-12-26(28)31)34(33)40-36(38)30-23(5)17-20(2)18-24(30)6/h7-18,31-34H,1-6H3. The summed E-state index contributed by atoms with van der Waals surface area (Å²) in [6, 6.07) is 24.5. The van der Waals surface area contributed by atoms with Gasteiger partial charge in [0.25, 0.3) is 0 Å². The number of ether oxygens (including phenoxy) is 2. The van der Waals surface area contributed by atoms with E-state index in [0.717, 1.165) is 55.6 Å². The predicted octanol–water partition coefficient (Wildman–Crippen LogP) is 7.58. The van der Waals surface area contributed by atoms with Crippen LogP contribution in [-0.2, 0) is 9.47 Å². The van der Waals surface area contributed by atoms with Gasteiger partial charge in [0.15, 0.2) is 12.2 Å². The fourth-order valence-electron chi connectivity index (χ4n) is 7.22. The van der Waals surface area contributed by atoms with Crippen LogP contribution in [0.5, 0.6) is 0 Å². The van der Waals surface area contributed by atoms with Crippen molar-refractivity contribution in [3.63, 3.8) is 0 Å². The maximum absolute atomic E-state index is 13.9. The zero-order valence-electron chi connectivity index (χ0n) is 23.9. The molecule has 0 saturated heterocycles. The van der Waals surface area contributed by atoms with Crippen LogP contribution in [0.1, 0.15) is 88.2 Å². The molecule has 3 aliphatic carbocycles. The molecular formula is C36H34O4. The van der Waals surface area contributed by atoms with E-state index in [1.165, 1.54) is 0 Å². The van der Waals surface area contributed by atoms with Crippen LogP contribution in [0.2, 0.25) is 0 Å². The minimum atomic E-state index is -0.669. The van der Waals surface area contributed by atoms with Crippen LogP contribution in [0.25, 0.3) is 0 Å². The molecule has 0 radical (unpaired) electrons. The Morgan fingerprint density at radius 3 is 1.05 bits per heavy atom. The molecule has 2 bridgehead atoms. The summed E-state index contributed by atoms with van der Waals surface area (Å²) in [5.74, 6) is -1.26. The van der Waals surface area contributed by atoms with E-state index in [-0.39, 0.29) is 23.8 Å². The molecule has 0 heterocycles. The van der Waals surface area contributed by atoms with E-state index in [2.05, 4.69) is 24.3 Å². The number of aryl methyl sites for hydroxylation is 6. The molecule has 3 aliphatic rings. The maximum Gasteiger partial charge on any atom is 0.339 e. The Morgan fingerprint density at radius 2 is 0.775 bits per heavy atom. The topological polar surface area (TPSA) is 52.6 Å². The minimum absolute atomic E-state index is 0.245. The highest BCUT2D eigenvalue weighted by Gasteiger charge is 2.54. The lowest BCUT2D eigenvalue weighted by Crippen LogP contribution is -2.51. The van der Waals surface area contributed by atoms with Gasteiger partial charge in [0.2, 0.25) is 0 Å². The zero-order valence-corrected chi connectivity index (χ0v) is 23.9. The third-order valence-corrected chi connectivity index (χ3v) is 8.56. The van der Waals surface area contributed by atoms with Crippen LogP contribution in [-0.4, -0.2) is 24.1 Å². The van der Waals surface area contributed by atoms with Crippen molar-refractivity contribution in [1.29, 1.82) is 0 Å². The molecule has 4 nitrogen and oxygen atoms in total. The Kier molecular flexibility index (Phi) is 6.37. The Hall–Kier alpha value is -4.18. The summed E-state index contributed by atoms with van der Waals surface area (Å²) in [6.45, 7) is 11.8. The first-order valence-electron chi connectivity index (χ1n) is 13.9. The highest BCUT2D eigenvalue weighted by atomic mass is 16.6. The van der Waals surface area contributed by atoms with Gasteiger partial charge in [-0.1, -0.05) is 83.9 Å². The van der Waals surface area contributed by atoms with Crippen LogP contribution in [0.4, 0.5) is 0 Å². The highest BCUT2D eigenvalue weighted by molar-refractivity contribution is 5.94. The van der Waals surface area contributed by atoms with Crippen LogP contribution < -0.4 is 0 Å². The summed E-state index contributed by atoms with van der Waals surface area (Å²) in [5.41, 5.74) is 11.3. The quantitative estimate of drug-likeness (QED) is 0.255. The lowest BCUT2D eigenvalue weighted by Gasteiger charge is -2.49. The summed E-state index contributed by atoms with van der Waals surface area (Å²) < 4.78 is 12.9. The van der Waals surface area contributed by atoms with E-state index in [1.54, 1.807) is 0 Å². The van der Waals surface area contributed by atoms with E-state index in [9.17, 15) is 9.59 Å². The lowest BCUT2D eigenvalue weighted by atomic mass is 9.61. The van der Waals surface area contributed by atoms with Gasteiger partial charge >= 0.3 is 11.9 Å². The van der Waals surface area contributed by atoms with Gasteiger partial charge in [0, 0.05) is 0 Å². The molecule has 0 aromatic heterocycles. The molecule has 4 aromatic rings. The van der Waals surface area contributed by atoms with Crippen molar-refractivity contribution in [2.24, 2.45) is 0 Å². The summed E-state index contributed by atoms with van der Waals surface area (Å²) in [5, 5.41) is 0. The van der Waals surface area contributed by atoms with E-state index >= 15 is 0 Å². The smallest absolute Gasteiger partial charge is 0.339 e. The molecule has 0 saturated carbocycles. The first-order valence-corrected chi connectivity index (χ1v) is 13.9. The van der Waals surface area contributed by atoms with Gasteiger partial charge in [-0.2, -0.15) is 0 Å². The van der Waals surface area contributed by atoms with Gasteiger partial charge in [0.05, 0.1) is 23.0 Å². The average Bonchev–Trinajstić information content (AvgIpc) is 2.88. The van der Waals surface area contributed by atoms with Crippen molar-refractivity contribution < 1.29 is 19.1 Å². The maximum atomic E-state index is 13.9. The number of benzene rings is 4. The van der Waals surface area contributed by atoms with E-state index in [1.807, 2.05) is 90.1 Å². The van der Waals surface area contributed by atoms with Gasteiger partial charge in [-0.05, 0) is 86.1 Å². The number of carbonyl (C=O) groups is 2. The summed E-state index contributed by atoms with van der Waals surface area (Å²) in [4.78, 5) is 27.7. The van der Waals surface area contributed by atoms with Crippen molar-refractivity contribution in [3.05, 3.63) is 140 Å². The molecule has 202 valence electrons. The highest BCUT2D eigenvalue weighted by Crippen LogP contribution is 2.55. The van der Waals surface area contributed by atoms with Crippen molar-refractivity contribution >= 4 is 11.9 Å². The minimum Gasteiger partial charge on any atom is -0.454 e. The summed E-state index contributed by atoms with van der Waals surface area (Å²) in [6.07, 6.45) is -1.34. The number of carbonyl (C=O) groups excluding carboxylic acids is 2. The van der Waals surface area contributed by atoms with E-state index in [0.29, 0.717) is 11.1 Å². The first-order chi connectivity index (χ1) is 19.2. The van der Waals surface area contributed by atoms with Gasteiger partial charge in [-0.3, -0.25) is 0 Å². The number of hydrogen-bond acceptors (Lipinski definition) is 4. The second kappa shape index (κ2) is 9.78. The fraction of sp³-hybridized carbons (Fsp3) is 0.278. The van der Waals surface area contributed by atoms with Crippen molar-refractivity contribution in [2.45, 2.75) is 65.6 Å². The molecule has 4 aromatic carbocycles. The fourth-order valence-corrected chi connectivity index (χ4v) is 7.22. The lowest BCUT2D eigenvalue weighted by molar-refractivity contribution is -0.0559. The van der Waals surface area contributed by atoms with Crippen LogP contribution in [0.3, 0.4) is 0 Å². The predicted molar refractivity (Wildman–Crippen MR) is 156 cm³/mol. The largest absolute Gasteiger partial charge is 0.454 e. The third kappa shape index (κ3) is 4.14. The number of hydrogen-bond donors (Lipinski definition) is 0. The molecule has 0 fully saturated rings. The monoisotopic (exact) mass is 530 g/mol. The molecule has 0 amide bonds. The number of rotatable bonds is 4. The zero-order chi connectivity index (χ0) is 28.3. The normalized spacial score (nSPS) is 20.4. The third-order valence-electron chi connectivity index (χ3n) is 8.56. The number of fused-ring (bicyclic) bond motifs is 1. The van der Waals surface area contributed by atoms with Crippen molar-refractivity contribution in [2.75, 3.05) is 0 Å². The molecule has 40 heavy (non-hydrogen) atoms. The van der Waals surface area contributed by atoms with Crippen molar-refractivity contribution in [3.8, 4) is 0 Å². The van der Waals surface area contributed by atoms with E-state index in [4.69, 9.17) is 9.47 Å². The van der Waals surface area contributed by atoms with Crippen LogP contribution >= 0.6 is 0 Å². The van der Waals surface area contributed by atoms with Crippen LogP contribution in [0, 0.1) is 41.5 Å². The Balaban J connectivity index is 1.47. The molecule has 7 rings (SSSR count). The second-order valence-electron chi connectivity index (χ2n) is 11.5. The molecule has 2 atom stereocenters. The van der Waals surface area contributed by atoms with E-state index < -0.39 is 12.2 Å². The summed E-state index contributed by atoms with van der Waals surface area (Å²) >= 11 is 0.